The van der Waals surface area contributed by atoms with Gasteiger partial charge < -0.3 is 5.73 Å². The molecule has 6 heteroatoms. The molecule has 0 aromatic rings. The summed E-state index contributed by atoms with van der Waals surface area (Å²) in [5.74, 6) is -1.02. The molecule has 0 heterocycles. The summed E-state index contributed by atoms with van der Waals surface area (Å²) in [6.07, 6.45) is 3.29. The first kappa shape index (κ1) is 13.4. The number of hydrogen-bond acceptors (Lipinski definition) is 4. The van der Waals surface area contributed by atoms with Gasteiger partial charge in [0, 0.05) is 0 Å². The minimum atomic E-state index is -3.49. The van der Waals surface area contributed by atoms with Crippen LogP contribution in [0.2, 0.25) is 0 Å². The zero-order chi connectivity index (χ0) is 11.2. The van der Waals surface area contributed by atoms with Crippen LogP contribution in [0.15, 0.2) is 0 Å². The van der Waals surface area contributed by atoms with Crippen LogP contribution in [-0.2, 0) is 19.1 Å². The molecule has 2 N–H and O–H groups in total. The number of unbranched alkanes of at least 4 members (excludes halogenated alkanes) is 1. The molecule has 0 saturated carbocycles. The molecule has 0 aliphatic heterocycles. The summed E-state index contributed by atoms with van der Waals surface area (Å²) in [7, 11) is -3.49. The second kappa shape index (κ2) is 5.98. The van der Waals surface area contributed by atoms with Crippen LogP contribution in [0, 0.1) is 5.92 Å². The number of hydrogen-bond donors (Lipinski definition) is 1. The molecule has 0 radical (unpaired) electrons. The molecule has 1 atom stereocenters. The van der Waals surface area contributed by atoms with Gasteiger partial charge in [-0.1, -0.05) is 19.8 Å². The average molecular weight is 223 g/mol. The molecule has 84 valence electrons. The number of nitrogens with two attached hydrogens (primary N) is 1. The van der Waals surface area contributed by atoms with E-state index < -0.39 is 21.9 Å². The smallest absolute Gasteiger partial charge is 0.264 e. The predicted octanol–water partition coefficient (Wildman–Crippen LogP) is 0.254. The summed E-state index contributed by atoms with van der Waals surface area (Å²) in [5, 5.41) is 0. The quantitative estimate of drug-likeness (QED) is 0.627. The van der Waals surface area contributed by atoms with Crippen molar-refractivity contribution in [3.8, 4) is 0 Å². The molecule has 1 amide bonds. The van der Waals surface area contributed by atoms with E-state index in [1.165, 1.54) is 0 Å². The van der Waals surface area contributed by atoms with Gasteiger partial charge in [0.15, 0.2) is 0 Å². The normalized spacial score (nSPS) is 13.9. The highest BCUT2D eigenvalue weighted by Crippen LogP contribution is 2.09. The molecule has 0 aliphatic carbocycles. The van der Waals surface area contributed by atoms with E-state index in [2.05, 4.69) is 4.18 Å². The SMILES string of the molecule is CCCCC(COS(C)(=O)=O)C(N)=O. The number of amides is 1. The lowest BCUT2D eigenvalue weighted by Gasteiger charge is -2.11. The van der Waals surface area contributed by atoms with Crippen molar-refractivity contribution in [1.82, 2.24) is 0 Å². The van der Waals surface area contributed by atoms with E-state index in [1.807, 2.05) is 6.92 Å². The maximum atomic E-state index is 10.9. The summed E-state index contributed by atoms with van der Waals surface area (Å²) in [6, 6.07) is 0. The lowest BCUT2D eigenvalue weighted by atomic mass is 10.0. The molecule has 0 bridgehead atoms. The third-order valence-electron chi connectivity index (χ3n) is 1.79. The highest BCUT2D eigenvalue weighted by Gasteiger charge is 2.17. The maximum absolute atomic E-state index is 10.9. The Labute approximate surface area is 84.7 Å². The van der Waals surface area contributed by atoms with Gasteiger partial charge in [0.05, 0.1) is 18.8 Å². The monoisotopic (exact) mass is 223 g/mol. The van der Waals surface area contributed by atoms with E-state index in [0.717, 1.165) is 19.1 Å². The summed E-state index contributed by atoms with van der Waals surface area (Å²) in [5.41, 5.74) is 5.09. The highest BCUT2D eigenvalue weighted by molar-refractivity contribution is 7.85. The van der Waals surface area contributed by atoms with Crippen molar-refractivity contribution in [1.29, 1.82) is 0 Å². The van der Waals surface area contributed by atoms with E-state index in [0.29, 0.717) is 6.42 Å². The van der Waals surface area contributed by atoms with Gasteiger partial charge in [-0.05, 0) is 6.42 Å². The molecular weight excluding hydrogens is 206 g/mol. The minimum Gasteiger partial charge on any atom is -0.369 e. The van der Waals surface area contributed by atoms with Crippen LogP contribution in [0.1, 0.15) is 26.2 Å². The Morgan fingerprint density at radius 3 is 2.43 bits per heavy atom. The summed E-state index contributed by atoms with van der Waals surface area (Å²) in [4.78, 5) is 10.9. The lowest BCUT2D eigenvalue weighted by Crippen LogP contribution is -2.28. The van der Waals surface area contributed by atoms with Gasteiger partial charge >= 0.3 is 0 Å². The van der Waals surface area contributed by atoms with Gasteiger partial charge in [-0.15, -0.1) is 0 Å². The summed E-state index contributed by atoms with van der Waals surface area (Å²) >= 11 is 0. The van der Waals surface area contributed by atoms with Crippen molar-refractivity contribution in [3.05, 3.63) is 0 Å². The third kappa shape index (κ3) is 6.85. The van der Waals surface area contributed by atoms with Gasteiger partial charge in [0.2, 0.25) is 5.91 Å². The minimum absolute atomic E-state index is 0.145. The molecule has 0 aromatic heterocycles. The first-order valence-corrected chi connectivity index (χ1v) is 6.32. The first-order chi connectivity index (χ1) is 6.37. The Bertz CT molecular complexity index is 273. The van der Waals surface area contributed by atoms with E-state index in [9.17, 15) is 13.2 Å². The van der Waals surface area contributed by atoms with Gasteiger partial charge in [0.25, 0.3) is 10.1 Å². The van der Waals surface area contributed by atoms with Crippen LogP contribution in [0.5, 0.6) is 0 Å². The van der Waals surface area contributed by atoms with Crippen molar-refractivity contribution in [2.24, 2.45) is 11.7 Å². The van der Waals surface area contributed by atoms with Crippen molar-refractivity contribution < 1.29 is 17.4 Å². The van der Waals surface area contributed by atoms with Gasteiger partial charge in [-0.3, -0.25) is 8.98 Å². The van der Waals surface area contributed by atoms with Crippen molar-refractivity contribution in [2.45, 2.75) is 26.2 Å². The van der Waals surface area contributed by atoms with Crippen molar-refractivity contribution in [2.75, 3.05) is 12.9 Å². The lowest BCUT2D eigenvalue weighted by molar-refractivity contribution is -0.122. The zero-order valence-electron chi connectivity index (χ0n) is 8.52. The van der Waals surface area contributed by atoms with E-state index >= 15 is 0 Å². The van der Waals surface area contributed by atoms with Crippen LogP contribution in [0.4, 0.5) is 0 Å². The maximum Gasteiger partial charge on any atom is 0.264 e. The largest absolute Gasteiger partial charge is 0.369 e. The Balaban J connectivity index is 4.04. The number of carbonyl (C=O) groups is 1. The van der Waals surface area contributed by atoms with Crippen LogP contribution in [0.3, 0.4) is 0 Å². The molecular formula is C8H17NO4S. The summed E-state index contributed by atoms with van der Waals surface area (Å²) < 4.78 is 25.8. The molecule has 5 nitrogen and oxygen atoms in total. The topological polar surface area (TPSA) is 86.5 Å². The van der Waals surface area contributed by atoms with Crippen LogP contribution in [-0.4, -0.2) is 27.2 Å². The number of rotatable bonds is 7. The molecule has 0 aliphatic rings. The zero-order valence-corrected chi connectivity index (χ0v) is 9.34. The van der Waals surface area contributed by atoms with Gasteiger partial charge in [-0.25, -0.2) is 0 Å². The second-order valence-corrected chi connectivity index (χ2v) is 4.87. The average Bonchev–Trinajstić information content (AvgIpc) is 2.01. The fraction of sp³-hybridized carbons (Fsp3) is 0.875. The molecule has 0 spiro atoms. The standard InChI is InChI=1S/C8H17NO4S/c1-3-4-5-7(8(9)10)6-13-14(2,11)12/h7H,3-6H2,1-2H3,(H2,9,10). The molecule has 0 saturated heterocycles. The Morgan fingerprint density at radius 1 is 1.50 bits per heavy atom. The van der Waals surface area contributed by atoms with Crippen LogP contribution >= 0.6 is 0 Å². The fourth-order valence-corrected chi connectivity index (χ4v) is 1.38. The van der Waals surface area contributed by atoms with Gasteiger partial charge in [-0.2, -0.15) is 8.42 Å². The predicted molar refractivity (Wildman–Crippen MR) is 53.0 cm³/mol. The molecule has 0 aromatic carbocycles. The second-order valence-electron chi connectivity index (χ2n) is 3.23. The Morgan fingerprint density at radius 2 is 2.07 bits per heavy atom. The number of primary amides is 1. The Kier molecular flexibility index (Phi) is 5.71. The fourth-order valence-electron chi connectivity index (χ4n) is 0.964. The first-order valence-electron chi connectivity index (χ1n) is 4.50. The van der Waals surface area contributed by atoms with Gasteiger partial charge in [0.1, 0.15) is 0 Å². The molecule has 14 heavy (non-hydrogen) atoms. The molecule has 0 fully saturated rings. The highest BCUT2D eigenvalue weighted by atomic mass is 32.2. The van der Waals surface area contributed by atoms with Crippen LogP contribution < -0.4 is 5.73 Å². The van der Waals surface area contributed by atoms with E-state index in [4.69, 9.17) is 5.73 Å². The van der Waals surface area contributed by atoms with Crippen LogP contribution in [0.25, 0.3) is 0 Å². The summed E-state index contributed by atoms with van der Waals surface area (Å²) in [6.45, 7) is 1.84. The van der Waals surface area contributed by atoms with E-state index in [-0.39, 0.29) is 6.61 Å². The molecule has 1 unspecified atom stereocenters. The number of carbonyl (C=O) groups excluding carboxylic acids is 1. The molecule has 0 rings (SSSR count). The van der Waals surface area contributed by atoms with E-state index in [1.54, 1.807) is 0 Å². The third-order valence-corrected chi connectivity index (χ3v) is 2.36. The van der Waals surface area contributed by atoms with Crippen molar-refractivity contribution >= 4 is 16.0 Å². The Hall–Kier alpha value is -0.620. The van der Waals surface area contributed by atoms with Crippen molar-refractivity contribution in [3.63, 3.8) is 0 Å².